The van der Waals surface area contributed by atoms with Gasteiger partial charge in [0.25, 0.3) is 0 Å². The summed E-state index contributed by atoms with van der Waals surface area (Å²) >= 11 is 5.95. The number of nitrogens with zero attached hydrogens (tertiary/aromatic N) is 3. The van der Waals surface area contributed by atoms with E-state index in [9.17, 15) is 4.79 Å². The van der Waals surface area contributed by atoms with Crippen molar-refractivity contribution in [1.82, 2.24) is 4.90 Å². The highest BCUT2D eigenvalue weighted by atomic mass is 35.5. The molecule has 0 atom stereocenters. The molecule has 1 amide bonds. The zero-order chi connectivity index (χ0) is 18.5. The van der Waals surface area contributed by atoms with Crippen molar-refractivity contribution in [3.63, 3.8) is 0 Å². The third-order valence-corrected chi connectivity index (χ3v) is 4.85. The van der Waals surface area contributed by atoms with Crippen LogP contribution in [-0.2, 0) is 4.79 Å². The molecule has 26 heavy (non-hydrogen) atoms. The van der Waals surface area contributed by atoms with Crippen LogP contribution in [0.3, 0.4) is 0 Å². The summed E-state index contributed by atoms with van der Waals surface area (Å²) < 4.78 is 0. The van der Waals surface area contributed by atoms with Gasteiger partial charge in [-0.1, -0.05) is 11.6 Å². The third-order valence-electron chi connectivity index (χ3n) is 4.60. The van der Waals surface area contributed by atoms with Crippen LogP contribution in [0.1, 0.15) is 0 Å². The second-order valence-electron chi connectivity index (χ2n) is 6.73. The molecule has 0 spiro atoms. The number of halogens is 1. The Morgan fingerprint density at radius 2 is 1.62 bits per heavy atom. The van der Waals surface area contributed by atoms with Gasteiger partial charge in [0, 0.05) is 62.4 Å². The summed E-state index contributed by atoms with van der Waals surface area (Å²) in [6.07, 6.45) is 0. The molecule has 1 heterocycles. The summed E-state index contributed by atoms with van der Waals surface area (Å²) in [5.41, 5.74) is 3.13. The van der Waals surface area contributed by atoms with Gasteiger partial charge < -0.3 is 15.1 Å². The smallest absolute Gasteiger partial charge is 0.238 e. The Hall–Kier alpha value is -2.24. The van der Waals surface area contributed by atoms with Crippen LogP contribution in [-0.4, -0.2) is 57.6 Å². The Balaban J connectivity index is 1.46. The standard InChI is InChI=1S/C20H25ClN4O/c1-23(2)18-9-5-17(6-10-18)22-20(26)15-24-11-13-25(14-12-24)19-7-3-16(21)4-8-19/h3-10H,11-15H2,1-2H3,(H,22,26). The monoisotopic (exact) mass is 372 g/mol. The first kappa shape index (κ1) is 18.5. The largest absolute Gasteiger partial charge is 0.378 e. The first-order valence-electron chi connectivity index (χ1n) is 8.81. The number of rotatable bonds is 5. The third kappa shape index (κ3) is 4.90. The van der Waals surface area contributed by atoms with Crippen molar-refractivity contribution in [2.45, 2.75) is 0 Å². The molecule has 6 heteroatoms. The lowest BCUT2D eigenvalue weighted by Gasteiger charge is -2.35. The van der Waals surface area contributed by atoms with E-state index in [1.54, 1.807) is 0 Å². The van der Waals surface area contributed by atoms with Crippen molar-refractivity contribution < 1.29 is 4.79 Å². The number of anilines is 3. The van der Waals surface area contributed by atoms with Crippen molar-refractivity contribution >= 4 is 34.6 Å². The molecular weight excluding hydrogens is 348 g/mol. The van der Waals surface area contributed by atoms with Gasteiger partial charge in [0.15, 0.2) is 0 Å². The minimum Gasteiger partial charge on any atom is -0.378 e. The van der Waals surface area contributed by atoms with E-state index in [-0.39, 0.29) is 5.91 Å². The van der Waals surface area contributed by atoms with E-state index < -0.39 is 0 Å². The van der Waals surface area contributed by atoms with E-state index in [2.05, 4.69) is 15.1 Å². The first-order valence-corrected chi connectivity index (χ1v) is 9.19. The van der Waals surface area contributed by atoms with Crippen molar-refractivity contribution in [1.29, 1.82) is 0 Å². The lowest BCUT2D eigenvalue weighted by Crippen LogP contribution is -2.48. The van der Waals surface area contributed by atoms with Crippen molar-refractivity contribution in [3.05, 3.63) is 53.6 Å². The van der Waals surface area contributed by atoms with E-state index in [4.69, 9.17) is 11.6 Å². The topological polar surface area (TPSA) is 38.8 Å². The fraction of sp³-hybridized carbons (Fsp3) is 0.350. The number of benzene rings is 2. The maximum atomic E-state index is 12.3. The quantitative estimate of drug-likeness (QED) is 0.875. The predicted molar refractivity (Wildman–Crippen MR) is 110 cm³/mol. The van der Waals surface area contributed by atoms with Crippen molar-refractivity contribution in [2.75, 3.05) is 61.9 Å². The molecule has 1 aliphatic heterocycles. The molecule has 0 saturated carbocycles. The van der Waals surface area contributed by atoms with Gasteiger partial charge in [0.2, 0.25) is 5.91 Å². The number of piperazine rings is 1. The van der Waals surface area contributed by atoms with Gasteiger partial charge in [-0.2, -0.15) is 0 Å². The van der Waals surface area contributed by atoms with E-state index >= 15 is 0 Å². The highest BCUT2D eigenvalue weighted by molar-refractivity contribution is 6.30. The zero-order valence-corrected chi connectivity index (χ0v) is 16.0. The Morgan fingerprint density at radius 1 is 1.00 bits per heavy atom. The normalized spacial score (nSPS) is 15.0. The maximum absolute atomic E-state index is 12.3. The van der Waals surface area contributed by atoms with Crippen LogP contribution in [0.5, 0.6) is 0 Å². The summed E-state index contributed by atoms with van der Waals surface area (Å²) in [6.45, 7) is 3.98. The molecule has 5 nitrogen and oxygen atoms in total. The first-order chi connectivity index (χ1) is 12.5. The lowest BCUT2D eigenvalue weighted by molar-refractivity contribution is -0.117. The van der Waals surface area contributed by atoms with Crippen molar-refractivity contribution in [2.24, 2.45) is 0 Å². The SMILES string of the molecule is CN(C)c1ccc(NC(=O)CN2CCN(c3ccc(Cl)cc3)CC2)cc1. The number of amides is 1. The van der Waals surface area contributed by atoms with E-state index in [1.807, 2.05) is 67.5 Å². The number of hydrogen-bond acceptors (Lipinski definition) is 4. The van der Waals surface area contributed by atoms with Crippen LogP contribution in [0.2, 0.25) is 5.02 Å². The van der Waals surface area contributed by atoms with Crippen LogP contribution in [0.4, 0.5) is 17.1 Å². The van der Waals surface area contributed by atoms with Crippen LogP contribution in [0.15, 0.2) is 48.5 Å². The molecule has 0 aromatic heterocycles. The molecule has 1 fully saturated rings. The number of hydrogen-bond donors (Lipinski definition) is 1. The summed E-state index contributed by atoms with van der Waals surface area (Å²) in [5, 5.41) is 3.73. The summed E-state index contributed by atoms with van der Waals surface area (Å²) in [7, 11) is 3.99. The Morgan fingerprint density at radius 3 is 2.19 bits per heavy atom. The van der Waals surface area contributed by atoms with Gasteiger partial charge in [-0.05, 0) is 48.5 Å². The molecule has 138 valence electrons. The predicted octanol–water partition coefficient (Wildman–Crippen LogP) is 3.17. The fourth-order valence-electron chi connectivity index (χ4n) is 3.06. The Kier molecular flexibility index (Phi) is 6.01. The van der Waals surface area contributed by atoms with Crippen molar-refractivity contribution in [3.8, 4) is 0 Å². The summed E-state index contributed by atoms with van der Waals surface area (Å²) in [5.74, 6) is 0.0301. The second-order valence-corrected chi connectivity index (χ2v) is 7.17. The Labute approximate surface area is 160 Å². The number of carbonyl (C=O) groups excluding carboxylic acids is 1. The van der Waals surface area contributed by atoms with Gasteiger partial charge in [0.1, 0.15) is 0 Å². The molecule has 1 aliphatic rings. The van der Waals surface area contributed by atoms with E-state index in [0.29, 0.717) is 6.54 Å². The minimum atomic E-state index is 0.0301. The lowest BCUT2D eigenvalue weighted by atomic mass is 10.2. The molecule has 1 saturated heterocycles. The molecule has 2 aromatic carbocycles. The highest BCUT2D eigenvalue weighted by Crippen LogP contribution is 2.19. The van der Waals surface area contributed by atoms with Gasteiger partial charge in [0.05, 0.1) is 6.54 Å². The average Bonchev–Trinajstić information content (AvgIpc) is 2.63. The van der Waals surface area contributed by atoms with Gasteiger partial charge in [-0.3, -0.25) is 9.69 Å². The van der Waals surface area contributed by atoms with E-state index in [0.717, 1.165) is 42.6 Å². The summed E-state index contributed by atoms with van der Waals surface area (Å²) in [4.78, 5) is 18.8. The highest BCUT2D eigenvalue weighted by Gasteiger charge is 2.19. The van der Waals surface area contributed by atoms with E-state index in [1.165, 1.54) is 5.69 Å². The van der Waals surface area contributed by atoms with Gasteiger partial charge >= 0.3 is 0 Å². The molecule has 0 unspecified atom stereocenters. The molecule has 0 bridgehead atoms. The van der Waals surface area contributed by atoms with Crippen LogP contribution < -0.4 is 15.1 Å². The second kappa shape index (κ2) is 8.43. The molecular formula is C20H25ClN4O. The fourth-order valence-corrected chi connectivity index (χ4v) is 3.19. The average molecular weight is 373 g/mol. The maximum Gasteiger partial charge on any atom is 0.238 e. The minimum absolute atomic E-state index is 0.0301. The molecule has 0 radical (unpaired) electrons. The molecule has 3 rings (SSSR count). The van der Waals surface area contributed by atoms with Crippen LogP contribution >= 0.6 is 11.6 Å². The zero-order valence-electron chi connectivity index (χ0n) is 15.3. The summed E-state index contributed by atoms with van der Waals surface area (Å²) in [6, 6.07) is 15.8. The Bertz CT molecular complexity index is 722. The van der Waals surface area contributed by atoms with Crippen LogP contribution in [0, 0.1) is 0 Å². The van der Waals surface area contributed by atoms with Gasteiger partial charge in [-0.25, -0.2) is 0 Å². The number of carbonyl (C=O) groups is 1. The molecule has 1 N–H and O–H groups in total. The van der Waals surface area contributed by atoms with Gasteiger partial charge in [-0.15, -0.1) is 0 Å². The molecule has 0 aliphatic carbocycles. The number of nitrogens with one attached hydrogen (secondary N) is 1. The molecule has 2 aromatic rings. The van der Waals surface area contributed by atoms with Crippen LogP contribution in [0.25, 0.3) is 0 Å².